The van der Waals surface area contributed by atoms with Gasteiger partial charge in [0.15, 0.2) is 10.8 Å². The van der Waals surface area contributed by atoms with E-state index in [0.717, 1.165) is 11.3 Å². The summed E-state index contributed by atoms with van der Waals surface area (Å²) in [5, 5.41) is 9.39. The summed E-state index contributed by atoms with van der Waals surface area (Å²) in [6, 6.07) is 11.2. The number of nitrogens with one attached hydrogen (secondary N) is 1. The van der Waals surface area contributed by atoms with Gasteiger partial charge >= 0.3 is 0 Å². The van der Waals surface area contributed by atoms with Crippen molar-refractivity contribution < 1.29 is 9.21 Å². The Kier molecular flexibility index (Phi) is 4.09. The van der Waals surface area contributed by atoms with E-state index in [1.807, 2.05) is 30.3 Å². The van der Waals surface area contributed by atoms with E-state index in [4.69, 9.17) is 4.42 Å². The number of furan rings is 1. The molecular weight excluding hydrogens is 338 g/mol. The molecule has 124 valence electrons. The predicted molar refractivity (Wildman–Crippen MR) is 93.3 cm³/mol. The van der Waals surface area contributed by atoms with E-state index in [9.17, 15) is 4.79 Å². The predicted octanol–water partition coefficient (Wildman–Crippen LogP) is 3.30. The maximum Gasteiger partial charge on any atom is 0.275 e. The van der Waals surface area contributed by atoms with E-state index < -0.39 is 0 Å². The van der Waals surface area contributed by atoms with Gasteiger partial charge in [-0.05, 0) is 23.8 Å². The third-order valence-electron chi connectivity index (χ3n) is 3.53. The molecule has 3 aromatic heterocycles. The minimum atomic E-state index is -0.264. The van der Waals surface area contributed by atoms with Gasteiger partial charge in [-0.2, -0.15) is 5.10 Å². The molecule has 1 N–H and O–H groups in total. The van der Waals surface area contributed by atoms with Crippen molar-refractivity contribution in [3.05, 3.63) is 72.0 Å². The fraction of sp³-hybridized carbons (Fsp3) is 0.0588. The number of benzene rings is 1. The van der Waals surface area contributed by atoms with Crippen LogP contribution in [-0.4, -0.2) is 25.7 Å². The van der Waals surface area contributed by atoms with Crippen LogP contribution in [0.2, 0.25) is 0 Å². The number of aromatic nitrogens is 4. The molecule has 0 saturated carbocycles. The summed E-state index contributed by atoms with van der Waals surface area (Å²) in [7, 11) is 0. The second-order valence-electron chi connectivity index (χ2n) is 5.22. The normalized spacial score (nSPS) is 10.7. The maximum atomic E-state index is 12.5. The van der Waals surface area contributed by atoms with Crippen molar-refractivity contribution in [2.24, 2.45) is 0 Å². The van der Waals surface area contributed by atoms with E-state index in [0.29, 0.717) is 23.0 Å². The first-order chi connectivity index (χ1) is 12.3. The van der Waals surface area contributed by atoms with E-state index in [2.05, 4.69) is 20.4 Å². The molecule has 4 rings (SSSR count). The smallest absolute Gasteiger partial charge is 0.275 e. The van der Waals surface area contributed by atoms with Crippen LogP contribution >= 0.6 is 11.3 Å². The number of carbonyl (C=O) groups is 1. The fourth-order valence-corrected chi connectivity index (χ4v) is 3.11. The number of para-hydroxylation sites is 1. The molecule has 4 aromatic rings. The van der Waals surface area contributed by atoms with Gasteiger partial charge in [-0.15, -0.1) is 11.3 Å². The molecule has 0 aliphatic carbocycles. The Labute approximate surface area is 147 Å². The van der Waals surface area contributed by atoms with Gasteiger partial charge in [-0.25, -0.2) is 14.6 Å². The molecule has 7 nitrogen and oxygen atoms in total. The van der Waals surface area contributed by atoms with Crippen molar-refractivity contribution in [1.82, 2.24) is 19.7 Å². The molecule has 0 bridgehead atoms. The van der Waals surface area contributed by atoms with Crippen LogP contribution in [0.15, 0.2) is 65.1 Å². The summed E-state index contributed by atoms with van der Waals surface area (Å²) in [6.07, 6.45) is 4.69. The summed E-state index contributed by atoms with van der Waals surface area (Å²) in [5.74, 6) is 0.385. The van der Waals surface area contributed by atoms with Gasteiger partial charge in [0, 0.05) is 11.1 Å². The highest BCUT2D eigenvalue weighted by Crippen LogP contribution is 2.25. The number of nitrogens with zero attached hydrogens (tertiary/aromatic N) is 4. The van der Waals surface area contributed by atoms with Crippen LogP contribution in [0.3, 0.4) is 0 Å². The summed E-state index contributed by atoms with van der Waals surface area (Å²) >= 11 is 1.37. The highest BCUT2D eigenvalue weighted by molar-refractivity contribution is 7.13. The van der Waals surface area contributed by atoms with Crippen LogP contribution in [0.5, 0.6) is 0 Å². The van der Waals surface area contributed by atoms with Crippen LogP contribution in [-0.2, 0) is 6.54 Å². The first kappa shape index (κ1) is 15.3. The molecule has 0 radical (unpaired) electrons. The molecule has 0 aliphatic heterocycles. The maximum absolute atomic E-state index is 12.5. The molecular formula is C17H13N5O2S. The highest BCUT2D eigenvalue weighted by Gasteiger charge is 2.15. The first-order valence-electron chi connectivity index (χ1n) is 7.50. The SMILES string of the molecule is O=C(Nc1ccccc1Cn1cncn1)c1csc(-c2ccco2)n1. The summed E-state index contributed by atoms with van der Waals surface area (Å²) < 4.78 is 7.01. The molecule has 3 heterocycles. The summed E-state index contributed by atoms with van der Waals surface area (Å²) in [5.41, 5.74) is 2.00. The third kappa shape index (κ3) is 3.33. The van der Waals surface area contributed by atoms with Gasteiger partial charge in [-0.1, -0.05) is 18.2 Å². The molecule has 0 unspecified atom stereocenters. The van der Waals surface area contributed by atoms with Crippen molar-refractivity contribution in [3.8, 4) is 10.8 Å². The topological polar surface area (TPSA) is 85.8 Å². The number of carbonyl (C=O) groups excluding carboxylic acids is 1. The number of rotatable bonds is 5. The standard InChI is InChI=1S/C17H13N5O2S/c23-16(14-9-25-17(21-14)15-6-3-7-24-15)20-13-5-2-1-4-12(13)8-22-11-18-10-19-22/h1-7,9-11H,8H2,(H,20,23). The van der Waals surface area contributed by atoms with Gasteiger partial charge in [0.05, 0.1) is 12.8 Å². The van der Waals surface area contributed by atoms with Crippen LogP contribution in [0, 0.1) is 0 Å². The molecule has 0 aliphatic rings. The molecule has 0 saturated heterocycles. The average molecular weight is 351 g/mol. The zero-order valence-corrected chi connectivity index (χ0v) is 13.8. The van der Waals surface area contributed by atoms with E-state index in [-0.39, 0.29) is 5.91 Å². The quantitative estimate of drug-likeness (QED) is 0.596. The van der Waals surface area contributed by atoms with Crippen LogP contribution in [0.4, 0.5) is 5.69 Å². The molecule has 8 heteroatoms. The second kappa shape index (κ2) is 6.70. The Balaban J connectivity index is 1.53. The molecule has 1 aromatic carbocycles. The largest absolute Gasteiger partial charge is 0.462 e. The Morgan fingerprint density at radius 3 is 2.96 bits per heavy atom. The lowest BCUT2D eigenvalue weighted by Crippen LogP contribution is -2.14. The third-order valence-corrected chi connectivity index (χ3v) is 4.39. The monoisotopic (exact) mass is 351 g/mol. The van der Waals surface area contributed by atoms with Gasteiger partial charge < -0.3 is 9.73 Å². The molecule has 0 atom stereocenters. The van der Waals surface area contributed by atoms with E-state index in [1.165, 1.54) is 17.7 Å². The number of thiazole rings is 1. The van der Waals surface area contributed by atoms with Gasteiger partial charge in [0.25, 0.3) is 5.91 Å². The minimum Gasteiger partial charge on any atom is -0.462 e. The number of hydrogen-bond acceptors (Lipinski definition) is 6. The molecule has 1 amide bonds. The zero-order valence-electron chi connectivity index (χ0n) is 13.0. The van der Waals surface area contributed by atoms with E-state index in [1.54, 1.807) is 28.7 Å². The molecule has 0 fully saturated rings. The lowest BCUT2D eigenvalue weighted by Gasteiger charge is -2.10. The minimum absolute atomic E-state index is 0.264. The first-order valence-corrected chi connectivity index (χ1v) is 8.38. The van der Waals surface area contributed by atoms with Gasteiger partial charge in [-0.3, -0.25) is 4.79 Å². The van der Waals surface area contributed by atoms with E-state index >= 15 is 0 Å². The van der Waals surface area contributed by atoms with Crippen LogP contribution in [0.1, 0.15) is 16.1 Å². The average Bonchev–Trinajstić information content (AvgIpc) is 3.38. The lowest BCUT2D eigenvalue weighted by molar-refractivity contribution is 0.102. The van der Waals surface area contributed by atoms with Gasteiger partial charge in [0.1, 0.15) is 18.3 Å². The summed E-state index contributed by atoms with van der Waals surface area (Å²) in [4.78, 5) is 20.8. The summed E-state index contributed by atoms with van der Waals surface area (Å²) in [6.45, 7) is 0.519. The van der Waals surface area contributed by atoms with Crippen molar-refractivity contribution >= 4 is 22.9 Å². The Bertz CT molecular complexity index is 976. The fourth-order valence-electron chi connectivity index (χ4n) is 2.35. The number of amides is 1. The van der Waals surface area contributed by atoms with Crippen molar-refractivity contribution in [3.63, 3.8) is 0 Å². The van der Waals surface area contributed by atoms with Crippen LogP contribution < -0.4 is 5.32 Å². The Morgan fingerprint density at radius 2 is 2.16 bits per heavy atom. The number of anilines is 1. The Morgan fingerprint density at radius 1 is 1.24 bits per heavy atom. The van der Waals surface area contributed by atoms with Gasteiger partial charge in [0.2, 0.25) is 0 Å². The van der Waals surface area contributed by atoms with Crippen molar-refractivity contribution in [2.75, 3.05) is 5.32 Å². The van der Waals surface area contributed by atoms with Crippen LogP contribution in [0.25, 0.3) is 10.8 Å². The van der Waals surface area contributed by atoms with Crippen molar-refractivity contribution in [2.45, 2.75) is 6.54 Å². The zero-order chi connectivity index (χ0) is 17.1. The lowest BCUT2D eigenvalue weighted by atomic mass is 10.1. The molecule has 0 spiro atoms. The second-order valence-corrected chi connectivity index (χ2v) is 6.08. The van der Waals surface area contributed by atoms with Crippen molar-refractivity contribution in [1.29, 1.82) is 0 Å². The highest BCUT2D eigenvalue weighted by atomic mass is 32.1. The number of hydrogen-bond donors (Lipinski definition) is 1. The Hall–Kier alpha value is -3.26. The molecule has 25 heavy (non-hydrogen) atoms.